The number of halogens is 3. The van der Waals surface area contributed by atoms with Gasteiger partial charge in [-0.15, -0.1) is 0 Å². The van der Waals surface area contributed by atoms with Crippen LogP contribution in [0.1, 0.15) is 33.5 Å². The molecule has 0 unspecified atom stereocenters. The zero-order valence-electron chi connectivity index (χ0n) is 16.7. The fraction of sp³-hybridized carbons (Fsp3) is 0.190. The largest absolute Gasteiger partial charge is 0.412 e. The van der Waals surface area contributed by atoms with E-state index in [0.29, 0.717) is 16.8 Å². The Bertz CT molecular complexity index is 1340. The first kappa shape index (κ1) is 21.0. The van der Waals surface area contributed by atoms with Gasteiger partial charge in [-0.3, -0.25) is 9.79 Å². The molecule has 3 heterocycles. The number of nitrogens with one attached hydrogen (secondary N) is 1. The van der Waals surface area contributed by atoms with Crippen LogP contribution in [0.15, 0.2) is 47.4 Å². The lowest BCUT2D eigenvalue weighted by Gasteiger charge is -2.16. The van der Waals surface area contributed by atoms with Crippen LogP contribution in [-0.2, 0) is 0 Å². The fourth-order valence-corrected chi connectivity index (χ4v) is 3.02. The number of hydrogen-bond acceptors (Lipinski definition) is 6. The van der Waals surface area contributed by atoms with E-state index >= 15 is 0 Å². The number of rotatable bonds is 1. The number of benzene rings is 1. The molecule has 162 valence electrons. The number of amides is 1. The number of nitrogens with two attached hydrogens (primary N) is 1. The number of nitrogen functional groups attached to an aromatic ring is 1. The van der Waals surface area contributed by atoms with Gasteiger partial charge >= 0.3 is 6.18 Å². The molecule has 0 spiro atoms. The molecule has 0 aliphatic carbocycles. The van der Waals surface area contributed by atoms with Crippen LogP contribution < -0.4 is 11.1 Å². The summed E-state index contributed by atoms with van der Waals surface area (Å²) in [4.78, 5) is 24.5. The molecule has 11 heteroatoms. The molecule has 2 aromatic heterocycles. The van der Waals surface area contributed by atoms with Gasteiger partial charge in [-0.2, -0.15) is 22.8 Å². The van der Waals surface area contributed by atoms with Crippen molar-refractivity contribution in [1.82, 2.24) is 24.9 Å². The van der Waals surface area contributed by atoms with Crippen molar-refractivity contribution >= 4 is 23.3 Å². The van der Waals surface area contributed by atoms with Gasteiger partial charge in [0.1, 0.15) is 12.2 Å². The number of hydrogen-bond donors (Lipinski definition) is 2. The van der Waals surface area contributed by atoms with Crippen LogP contribution in [0, 0.1) is 18.8 Å². The van der Waals surface area contributed by atoms with Crippen LogP contribution in [0.4, 0.5) is 19.1 Å². The van der Waals surface area contributed by atoms with Crippen LogP contribution in [0.3, 0.4) is 0 Å². The number of carbonyl (C=O) groups is 1. The number of carbonyl (C=O) groups excluding carboxylic acids is 1. The second-order valence-corrected chi connectivity index (χ2v) is 6.94. The smallest absolute Gasteiger partial charge is 0.368 e. The van der Waals surface area contributed by atoms with Crippen molar-refractivity contribution in [2.24, 2.45) is 4.99 Å². The van der Waals surface area contributed by atoms with Gasteiger partial charge in [-0.25, -0.2) is 9.97 Å². The van der Waals surface area contributed by atoms with Gasteiger partial charge in [0.05, 0.1) is 11.8 Å². The summed E-state index contributed by atoms with van der Waals surface area (Å²) in [5, 5.41) is 6.51. The molecule has 1 aromatic carbocycles. The Morgan fingerprint density at radius 2 is 2.00 bits per heavy atom. The van der Waals surface area contributed by atoms with Crippen molar-refractivity contribution in [3.8, 4) is 11.8 Å². The van der Waals surface area contributed by atoms with Crippen molar-refractivity contribution in [3.05, 3.63) is 64.6 Å². The van der Waals surface area contributed by atoms with E-state index in [1.807, 2.05) is 6.92 Å². The average Bonchev–Trinajstić information content (AvgIpc) is 3.17. The first-order valence-corrected chi connectivity index (χ1v) is 9.43. The molecule has 0 saturated carbocycles. The first-order valence-electron chi connectivity index (χ1n) is 9.43. The predicted molar refractivity (Wildman–Crippen MR) is 111 cm³/mol. The number of aliphatic imine (C=N–C) groups is 1. The van der Waals surface area contributed by atoms with E-state index in [2.05, 4.69) is 37.2 Å². The highest BCUT2D eigenvalue weighted by Gasteiger charge is 2.34. The number of alkyl halides is 3. The number of aryl methyl sites for hydroxylation is 1. The highest BCUT2D eigenvalue weighted by Crippen LogP contribution is 2.29. The summed E-state index contributed by atoms with van der Waals surface area (Å²) in [7, 11) is 0. The zero-order chi connectivity index (χ0) is 22.9. The molecule has 32 heavy (non-hydrogen) atoms. The molecule has 8 nitrogen and oxygen atoms in total. The van der Waals surface area contributed by atoms with Crippen LogP contribution in [0.5, 0.6) is 0 Å². The highest BCUT2D eigenvalue weighted by atomic mass is 19.4. The molecular weight excluding hydrogens is 423 g/mol. The summed E-state index contributed by atoms with van der Waals surface area (Å²) in [5.41, 5.74) is 7.60. The van der Waals surface area contributed by atoms with Gasteiger partial charge < -0.3 is 11.1 Å². The molecule has 0 fully saturated rings. The van der Waals surface area contributed by atoms with E-state index in [0.717, 1.165) is 11.6 Å². The lowest BCUT2D eigenvalue weighted by Crippen LogP contribution is -2.32. The van der Waals surface area contributed by atoms with Crippen molar-refractivity contribution in [1.29, 1.82) is 0 Å². The molecular formula is C21H16F3N7O. The molecule has 1 amide bonds. The minimum atomic E-state index is -4.45. The topological polar surface area (TPSA) is 111 Å². The normalized spacial score (nSPS) is 13.8. The van der Waals surface area contributed by atoms with E-state index < -0.39 is 17.7 Å². The third kappa shape index (κ3) is 4.29. The molecule has 1 aliphatic rings. The maximum Gasteiger partial charge on any atom is 0.412 e. The van der Waals surface area contributed by atoms with E-state index in [9.17, 15) is 18.0 Å². The number of anilines is 1. The Morgan fingerprint density at radius 3 is 2.78 bits per heavy atom. The van der Waals surface area contributed by atoms with E-state index in [1.165, 1.54) is 17.0 Å². The number of aromatic nitrogens is 4. The Labute approximate surface area is 180 Å². The third-order valence-electron chi connectivity index (χ3n) is 4.74. The maximum absolute atomic E-state index is 12.9. The minimum absolute atomic E-state index is 0.0424. The predicted octanol–water partition coefficient (Wildman–Crippen LogP) is 2.44. The standard InChI is InChI=1S/C21H16F3N7O/c1-12-2-3-14(19(32)30-17-9-16(6-7-26-17)21(22,23)24)8-13(12)4-5-15-10-29-31-18(15)27-11-28-20(31)25/h2-3,8-11H,6-7H2,1H3,(H2,25,27,28)(H,26,30,32). The van der Waals surface area contributed by atoms with Crippen LogP contribution in [0.2, 0.25) is 0 Å². The Balaban J connectivity index is 1.58. The van der Waals surface area contributed by atoms with Crippen molar-refractivity contribution in [2.45, 2.75) is 19.5 Å². The number of dihydropyridines is 1. The molecule has 4 rings (SSSR count). The maximum atomic E-state index is 12.9. The Hall–Kier alpha value is -4.20. The number of nitrogens with zero attached hydrogens (tertiary/aromatic N) is 5. The van der Waals surface area contributed by atoms with Gasteiger partial charge in [0.15, 0.2) is 5.65 Å². The quantitative estimate of drug-likeness (QED) is 0.566. The number of fused-ring (bicyclic) bond motifs is 1. The van der Waals surface area contributed by atoms with Gasteiger partial charge in [0.2, 0.25) is 5.95 Å². The molecule has 0 saturated heterocycles. The second kappa shape index (κ2) is 8.14. The third-order valence-corrected chi connectivity index (χ3v) is 4.74. The van der Waals surface area contributed by atoms with Gasteiger partial charge in [0, 0.05) is 23.2 Å². The summed E-state index contributed by atoms with van der Waals surface area (Å²) in [6.45, 7) is 1.78. The van der Waals surface area contributed by atoms with Crippen LogP contribution in [-0.4, -0.2) is 44.0 Å². The van der Waals surface area contributed by atoms with Gasteiger partial charge in [-0.1, -0.05) is 17.9 Å². The van der Waals surface area contributed by atoms with Gasteiger partial charge in [0.25, 0.3) is 5.91 Å². The lowest BCUT2D eigenvalue weighted by molar-refractivity contribution is -0.0938. The average molecular weight is 439 g/mol. The SMILES string of the molecule is Cc1ccc(C(=O)NC2=NCCC(C(F)(F)F)=C2)cc1C#Cc1cnn2c(N)ncnc12. The van der Waals surface area contributed by atoms with Crippen molar-refractivity contribution < 1.29 is 18.0 Å². The summed E-state index contributed by atoms with van der Waals surface area (Å²) >= 11 is 0. The summed E-state index contributed by atoms with van der Waals surface area (Å²) in [6, 6.07) is 4.83. The highest BCUT2D eigenvalue weighted by molar-refractivity contribution is 6.10. The molecule has 3 N–H and O–H groups in total. The van der Waals surface area contributed by atoms with Crippen LogP contribution >= 0.6 is 0 Å². The monoisotopic (exact) mass is 439 g/mol. The molecule has 0 bridgehead atoms. The summed E-state index contributed by atoms with van der Waals surface area (Å²) < 4.78 is 40.1. The summed E-state index contributed by atoms with van der Waals surface area (Å²) in [5.74, 6) is 5.40. The molecule has 0 atom stereocenters. The van der Waals surface area contributed by atoms with Gasteiger partial charge in [-0.05, 0) is 37.1 Å². The van der Waals surface area contributed by atoms with E-state index in [-0.39, 0.29) is 30.3 Å². The molecule has 1 aliphatic heterocycles. The number of amidine groups is 1. The minimum Gasteiger partial charge on any atom is -0.368 e. The van der Waals surface area contributed by atoms with Crippen molar-refractivity contribution in [3.63, 3.8) is 0 Å². The lowest BCUT2D eigenvalue weighted by atomic mass is 10.0. The van der Waals surface area contributed by atoms with Crippen molar-refractivity contribution in [2.75, 3.05) is 12.3 Å². The zero-order valence-corrected chi connectivity index (χ0v) is 16.7. The first-order chi connectivity index (χ1) is 15.2. The van der Waals surface area contributed by atoms with Crippen LogP contribution in [0.25, 0.3) is 5.65 Å². The Morgan fingerprint density at radius 1 is 1.22 bits per heavy atom. The molecule has 0 radical (unpaired) electrons. The Kier molecular flexibility index (Phi) is 5.36. The fourth-order valence-electron chi connectivity index (χ4n) is 3.02. The van der Waals surface area contributed by atoms with E-state index in [1.54, 1.807) is 18.2 Å². The van der Waals surface area contributed by atoms with E-state index in [4.69, 9.17) is 5.73 Å². The summed E-state index contributed by atoms with van der Waals surface area (Å²) in [6.07, 6.45) is -1.00. The second-order valence-electron chi connectivity index (χ2n) is 6.94. The molecule has 3 aromatic rings.